The Morgan fingerprint density at radius 1 is 0.286 bits per heavy atom. The molecule has 0 saturated heterocycles. The Balaban J connectivity index is 0.000000759. The first-order chi connectivity index (χ1) is 20.9. The predicted octanol–water partition coefficient (Wildman–Crippen LogP) is 11.6. The van der Waals surface area contributed by atoms with E-state index < -0.39 is 0 Å². The van der Waals surface area contributed by atoms with Crippen LogP contribution in [-0.4, -0.2) is 9.13 Å². The van der Waals surface area contributed by atoms with Crippen LogP contribution in [0.2, 0.25) is 0 Å². The molecule has 0 bridgehead atoms. The third kappa shape index (κ3) is 4.46. The predicted molar refractivity (Wildman–Crippen MR) is 183 cm³/mol. The van der Waals surface area contributed by atoms with Crippen LogP contribution in [0.1, 0.15) is 27.7 Å². The van der Waals surface area contributed by atoms with Gasteiger partial charge in [0.25, 0.3) is 0 Å². The summed E-state index contributed by atoms with van der Waals surface area (Å²) in [7, 11) is 0. The lowest BCUT2D eigenvalue weighted by Gasteiger charge is -2.11. The second-order valence-electron chi connectivity index (χ2n) is 9.83. The van der Waals surface area contributed by atoms with Gasteiger partial charge in [-0.05, 0) is 59.7 Å². The molecule has 0 aliphatic rings. The van der Waals surface area contributed by atoms with Gasteiger partial charge in [0.2, 0.25) is 0 Å². The van der Waals surface area contributed by atoms with Gasteiger partial charge in [0.1, 0.15) is 0 Å². The maximum Gasteiger partial charge on any atom is 0.0541 e. The molecular weight excluding hydrogens is 508 g/mol. The number of benzene rings is 6. The van der Waals surface area contributed by atoms with E-state index in [2.05, 4.69) is 155 Å². The Morgan fingerprint density at radius 3 is 0.786 bits per heavy atom. The molecule has 0 spiro atoms. The molecule has 0 atom stereocenters. The van der Waals surface area contributed by atoms with Crippen LogP contribution < -0.4 is 0 Å². The SMILES string of the molecule is CC.CC.c1ccc2c(c1)c1ccccc1n2-c1ccc(-c2ccc(-n3c4ccccc4c4ccccc43)cc2)cc1. The lowest BCUT2D eigenvalue weighted by Crippen LogP contribution is -1.94. The van der Waals surface area contributed by atoms with Crippen molar-refractivity contribution in [2.24, 2.45) is 0 Å². The molecule has 2 heterocycles. The number of nitrogens with zero attached hydrogens (tertiary/aromatic N) is 2. The highest BCUT2D eigenvalue weighted by Gasteiger charge is 2.13. The number of hydrogen-bond acceptors (Lipinski definition) is 0. The molecule has 0 amide bonds. The first-order valence-corrected chi connectivity index (χ1v) is 15.0. The Labute approximate surface area is 248 Å². The van der Waals surface area contributed by atoms with Crippen LogP contribution in [0.3, 0.4) is 0 Å². The van der Waals surface area contributed by atoms with E-state index in [9.17, 15) is 0 Å². The highest BCUT2D eigenvalue weighted by atomic mass is 15.0. The Kier molecular flexibility index (Phi) is 7.62. The van der Waals surface area contributed by atoms with Gasteiger partial charge in [-0.25, -0.2) is 0 Å². The van der Waals surface area contributed by atoms with Crippen LogP contribution in [0.5, 0.6) is 0 Å². The Morgan fingerprint density at radius 2 is 0.524 bits per heavy atom. The summed E-state index contributed by atoms with van der Waals surface area (Å²) in [5.41, 5.74) is 9.70. The fourth-order valence-electron chi connectivity index (χ4n) is 6.01. The first-order valence-electron chi connectivity index (χ1n) is 15.0. The minimum atomic E-state index is 1.17. The number of fused-ring (bicyclic) bond motifs is 6. The largest absolute Gasteiger partial charge is 0.309 e. The highest BCUT2D eigenvalue weighted by Crippen LogP contribution is 2.34. The molecule has 0 N–H and O–H groups in total. The number of hydrogen-bond donors (Lipinski definition) is 0. The van der Waals surface area contributed by atoms with Crippen molar-refractivity contribution in [3.8, 4) is 22.5 Å². The highest BCUT2D eigenvalue weighted by molar-refractivity contribution is 6.10. The summed E-state index contributed by atoms with van der Waals surface area (Å²) < 4.78 is 4.72. The zero-order valence-electron chi connectivity index (χ0n) is 24.8. The number of rotatable bonds is 3. The van der Waals surface area contributed by atoms with Gasteiger partial charge in [-0.3, -0.25) is 0 Å². The molecule has 42 heavy (non-hydrogen) atoms. The van der Waals surface area contributed by atoms with Crippen LogP contribution in [0, 0.1) is 0 Å². The average Bonchev–Trinajstić information content (AvgIpc) is 3.60. The molecule has 8 aromatic rings. The van der Waals surface area contributed by atoms with E-state index in [1.165, 1.54) is 66.1 Å². The van der Waals surface area contributed by atoms with Gasteiger partial charge in [0.05, 0.1) is 22.1 Å². The van der Waals surface area contributed by atoms with E-state index in [-0.39, 0.29) is 0 Å². The summed E-state index contributed by atoms with van der Waals surface area (Å²) in [5, 5.41) is 5.14. The summed E-state index contributed by atoms with van der Waals surface area (Å²) in [4.78, 5) is 0. The van der Waals surface area contributed by atoms with Crippen molar-refractivity contribution in [3.05, 3.63) is 146 Å². The fraction of sp³-hybridized carbons (Fsp3) is 0.100. The van der Waals surface area contributed by atoms with Gasteiger partial charge in [-0.2, -0.15) is 0 Å². The number of aromatic nitrogens is 2. The normalized spacial score (nSPS) is 10.9. The molecule has 6 aromatic carbocycles. The monoisotopic (exact) mass is 544 g/mol. The molecule has 0 aliphatic carbocycles. The van der Waals surface area contributed by atoms with Crippen molar-refractivity contribution in [1.29, 1.82) is 0 Å². The summed E-state index contributed by atoms with van der Waals surface area (Å²) >= 11 is 0. The molecule has 0 unspecified atom stereocenters. The van der Waals surface area contributed by atoms with Crippen molar-refractivity contribution in [2.45, 2.75) is 27.7 Å². The molecule has 8 rings (SSSR count). The van der Waals surface area contributed by atoms with E-state index in [4.69, 9.17) is 0 Å². The second-order valence-corrected chi connectivity index (χ2v) is 9.83. The summed E-state index contributed by atoms with van der Waals surface area (Å²) in [6.45, 7) is 8.00. The first kappa shape index (κ1) is 27.1. The van der Waals surface area contributed by atoms with Crippen LogP contribution >= 0.6 is 0 Å². The maximum atomic E-state index is 2.36. The Hall–Kier alpha value is -5.08. The molecule has 206 valence electrons. The molecule has 0 fully saturated rings. The topological polar surface area (TPSA) is 9.86 Å². The molecule has 0 aliphatic heterocycles. The number of para-hydroxylation sites is 4. The van der Waals surface area contributed by atoms with Crippen LogP contribution in [0.15, 0.2) is 146 Å². The van der Waals surface area contributed by atoms with Gasteiger partial charge in [-0.15, -0.1) is 0 Å². The second kappa shape index (κ2) is 11.8. The van der Waals surface area contributed by atoms with E-state index in [1.807, 2.05) is 27.7 Å². The third-order valence-electron chi connectivity index (χ3n) is 7.74. The maximum absolute atomic E-state index is 2.36. The minimum Gasteiger partial charge on any atom is -0.309 e. The van der Waals surface area contributed by atoms with Crippen molar-refractivity contribution in [2.75, 3.05) is 0 Å². The molecule has 0 radical (unpaired) electrons. The Bertz CT molecular complexity index is 1840. The van der Waals surface area contributed by atoms with Gasteiger partial charge in [-0.1, -0.05) is 125 Å². The van der Waals surface area contributed by atoms with Gasteiger partial charge in [0, 0.05) is 32.9 Å². The van der Waals surface area contributed by atoms with Crippen molar-refractivity contribution in [3.63, 3.8) is 0 Å². The van der Waals surface area contributed by atoms with Crippen molar-refractivity contribution >= 4 is 43.6 Å². The quantitative estimate of drug-likeness (QED) is 0.209. The standard InChI is InChI=1S/C36H24N2.2C2H6/c1-5-13-33-29(9-1)30-10-2-6-14-34(30)37(33)27-21-17-25(18-22-27)26-19-23-28(24-20-26)38-35-15-7-3-11-31(35)32-12-4-8-16-36(32)38;2*1-2/h1-24H;2*1-2H3. The van der Waals surface area contributed by atoms with Gasteiger partial charge in [0.15, 0.2) is 0 Å². The van der Waals surface area contributed by atoms with Crippen molar-refractivity contribution < 1.29 is 0 Å². The molecule has 2 nitrogen and oxygen atoms in total. The van der Waals surface area contributed by atoms with E-state index in [1.54, 1.807) is 0 Å². The third-order valence-corrected chi connectivity index (χ3v) is 7.74. The smallest absolute Gasteiger partial charge is 0.0541 e. The van der Waals surface area contributed by atoms with Gasteiger partial charge < -0.3 is 9.13 Å². The molecule has 2 heteroatoms. The summed E-state index contributed by atoms with van der Waals surface area (Å²) in [6.07, 6.45) is 0. The van der Waals surface area contributed by atoms with Crippen LogP contribution in [0.25, 0.3) is 66.1 Å². The van der Waals surface area contributed by atoms with Crippen LogP contribution in [-0.2, 0) is 0 Å². The molecule has 0 saturated carbocycles. The van der Waals surface area contributed by atoms with E-state index in [0.29, 0.717) is 0 Å². The van der Waals surface area contributed by atoms with Crippen LogP contribution in [0.4, 0.5) is 0 Å². The zero-order chi connectivity index (χ0) is 29.1. The zero-order valence-corrected chi connectivity index (χ0v) is 24.8. The van der Waals surface area contributed by atoms with E-state index in [0.717, 1.165) is 0 Å². The van der Waals surface area contributed by atoms with Gasteiger partial charge >= 0.3 is 0 Å². The molecule has 2 aromatic heterocycles. The lowest BCUT2D eigenvalue weighted by atomic mass is 10.0. The fourth-order valence-corrected chi connectivity index (χ4v) is 6.01. The summed E-state index contributed by atoms with van der Waals surface area (Å²) in [6, 6.07) is 52.4. The summed E-state index contributed by atoms with van der Waals surface area (Å²) in [5.74, 6) is 0. The van der Waals surface area contributed by atoms with Crippen molar-refractivity contribution in [1.82, 2.24) is 9.13 Å². The lowest BCUT2D eigenvalue weighted by molar-refractivity contribution is 1.18. The average molecular weight is 545 g/mol. The van der Waals surface area contributed by atoms with E-state index >= 15 is 0 Å². The molecular formula is C40H36N2. The minimum absolute atomic E-state index is 1.17.